The van der Waals surface area contributed by atoms with E-state index in [9.17, 15) is 0 Å². The van der Waals surface area contributed by atoms with E-state index in [1.807, 2.05) is 6.20 Å². The zero-order valence-electron chi connectivity index (χ0n) is 15.5. The average molecular weight is 333 g/mol. The van der Waals surface area contributed by atoms with E-state index in [0.29, 0.717) is 5.92 Å². The largest absolute Gasteiger partial charge is 0.354 e. The molecule has 0 atom stereocenters. The van der Waals surface area contributed by atoms with Crippen molar-refractivity contribution in [2.75, 3.05) is 20.1 Å². The lowest BCUT2D eigenvalue weighted by Gasteiger charge is -2.29. The lowest BCUT2D eigenvalue weighted by atomic mass is 9.88. The van der Waals surface area contributed by atoms with Gasteiger partial charge in [0.2, 0.25) is 0 Å². The summed E-state index contributed by atoms with van der Waals surface area (Å²) in [7, 11) is 2.23. The summed E-state index contributed by atoms with van der Waals surface area (Å²) in [5.41, 5.74) is 7.73. The van der Waals surface area contributed by atoms with Crippen LogP contribution in [0.25, 0.3) is 22.2 Å². The molecule has 0 bridgehead atoms. The van der Waals surface area contributed by atoms with Crippen LogP contribution < -0.4 is 0 Å². The molecule has 1 saturated heterocycles. The summed E-state index contributed by atoms with van der Waals surface area (Å²) in [5.74, 6) is 0.701. The maximum Gasteiger partial charge on any atom is 0.0498 e. The van der Waals surface area contributed by atoms with Crippen molar-refractivity contribution in [3.63, 3.8) is 0 Å². The fraction of sp³-hybridized carbons (Fsp3) is 0.409. The summed E-state index contributed by atoms with van der Waals surface area (Å²) in [6, 6.07) is 11.3. The predicted molar refractivity (Wildman–Crippen MR) is 105 cm³/mol. The van der Waals surface area contributed by atoms with Gasteiger partial charge in [0.1, 0.15) is 0 Å². The summed E-state index contributed by atoms with van der Waals surface area (Å²) in [4.78, 5) is 10.4. The Kier molecular flexibility index (Phi) is 4.34. The highest BCUT2D eigenvalue weighted by Gasteiger charge is 2.20. The Hall–Kier alpha value is -2.13. The number of nitrogens with zero attached hydrogens (tertiary/aromatic N) is 2. The Bertz CT molecular complexity index is 885. The van der Waals surface area contributed by atoms with Crippen LogP contribution in [0.1, 0.15) is 42.5 Å². The first kappa shape index (κ1) is 16.3. The number of benzene rings is 1. The third-order valence-corrected chi connectivity index (χ3v) is 5.66. The second kappa shape index (κ2) is 6.64. The van der Waals surface area contributed by atoms with Gasteiger partial charge < -0.3 is 9.88 Å². The Morgan fingerprint density at radius 1 is 1.16 bits per heavy atom. The van der Waals surface area contributed by atoms with Gasteiger partial charge in [-0.15, -0.1) is 0 Å². The second-order valence-corrected chi connectivity index (χ2v) is 7.40. The van der Waals surface area contributed by atoms with Crippen molar-refractivity contribution in [1.29, 1.82) is 0 Å². The van der Waals surface area contributed by atoms with Crippen molar-refractivity contribution >= 4 is 10.9 Å². The van der Waals surface area contributed by atoms with Gasteiger partial charge in [-0.3, -0.25) is 4.98 Å². The van der Waals surface area contributed by atoms with Crippen molar-refractivity contribution < 1.29 is 0 Å². The van der Waals surface area contributed by atoms with Crippen LogP contribution in [-0.2, 0) is 6.42 Å². The molecule has 25 heavy (non-hydrogen) atoms. The van der Waals surface area contributed by atoms with Gasteiger partial charge in [-0.1, -0.05) is 13.0 Å². The first-order chi connectivity index (χ1) is 12.2. The molecule has 0 saturated carbocycles. The van der Waals surface area contributed by atoms with E-state index >= 15 is 0 Å². The molecule has 0 radical (unpaired) electrons. The van der Waals surface area contributed by atoms with Crippen molar-refractivity contribution in [2.45, 2.75) is 39.0 Å². The highest BCUT2D eigenvalue weighted by atomic mass is 15.1. The molecule has 1 aliphatic rings. The highest BCUT2D eigenvalue weighted by molar-refractivity contribution is 5.91. The number of rotatable bonds is 3. The molecule has 0 aliphatic carbocycles. The molecule has 1 N–H and O–H groups in total. The number of piperidine rings is 1. The van der Waals surface area contributed by atoms with Crippen molar-refractivity contribution in [1.82, 2.24) is 14.9 Å². The SMILES string of the molecule is CCc1c(-c2ccnc(C)c2)[nH]c2ccc(C3CCN(C)CC3)cc12. The summed E-state index contributed by atoms with van der Waals surface area (Å²) in [5, 5.41) is 1.39. The Morgan fingerprint density at radius 2 is 1.96 bits per heavy atom. The van der Waals surface area contributed by atoms with E-state index < -0.39 is 0 Å². The van der Waals surface area contributed by atoms with Gasteiger partial charge in [-0.25, -0.2) is 0 Å². The van der Waals surface area contributed by atoms with Crippen molar-refractivity contribution in [3.8, 4) is 11.3 Å². The summed E-state index contributed by atoms with van der Waals surface area (Å²) in [6.45, 7) is 6.72. The topological polar surface area (TPSA) is 31.9 Å². The minimum atomic E-state index is 0.701. The molecule has 0 unspecified atom stereocenters. The molecular weight excluding hydrogens is 306 g/mol. The maximum atomic E-state index is 4.34. The number of H-pyrrole nitrogens is 1. The monoisotopic (exact) mass is 333 g/mol. The van der Waals surface area contributed by atoms with Gasteiger partial charge in [0.15, 0.2) is 0 Å². The average Bonchev–Trinajstić information content (AvgIpc) is 3.00. The summed E-state index contributed by atoms with van der Waals surface area (Å²) in [6.07, 6.45) is 5.47. The first-order valence-electron chi connectivity index (χ1n) is 9.41. The molecule has 3 heteroatoms. The van der Waals surface area contributed by atoms with Crippen LogP contribution in [0.5, 0.6) is 0 Å². The van der Waals surface area contributed by atoms with Crippen LogP contribution in [-0.4, -0.2) is 35.0 Å². The molecule has 0 spiro atoms. The standard InChI is InChI=1S/C22H27N3/c1-4-19-20-14-17(16-8-11-25(3)12-9-16)5-6-21(20)24-22(19)18-7-10-23-15(2)13-18/h5-7,10,13-14,16,24H,4,8-9,11-12H2,1-3H3. The molecule has 1 fully saturated rings. The molecule has 130 valence electrons. The van der Waals surface area contributed by atoms with E-state index in [1.54, 1.807) is 0 Å². The van der Waals surface area contributed by atoms with Gasteiger partial charge in [0.25, 0.3) is 0 Å². The number of aromatic nitrogens is 2. The van der Waals surface area contributed by atoms with Crippen LogP contribution in [0.3, 0.4) is 0 Å². The minimum Gasteiger partial charge on any atom is -0.354 e. The number of hydrogen-bond acceptors (Lipinski definition) is 2. The van der Waals surface area contributed by atoms with E-state index in [2.05, 4.69) is 66.1 Å². The molecule has 3 nitrogen and oxygen atoms in total. The number of fused-ring (bicyclic) bond motifs is 1. The Morgan fingerprint density at radius 3 is 2.68 bits per heavy atom. The number of likely N-dealkylation sites (tertiary alicyclic amines) is 1. The molecule has 4 rings (SSSR count). The van der Waals surface area contributed by atoms with Gasteiger partial charge in [0.05, 0.1) is 0 Å². The van der Waals surface area contributed by atoms with Crippen molar-refractivity contribution in [3.05, 3.63) is 53.3 Å². The van der Waals surface area contributed by atoms with Crippen LogP contribution in [0.4, 0.5) is 0 Å². The smallest absolute Gasteiger partial charge is 0.0498 e. The molecule has 1 aromatic carbocycles. The number of aromatic amines is 1. The number of hydrogen-bond donors (Lipinski definition) is 1. The third kappa shape index (κ3) is 3.09. The fourth-order valence-electron chi connectivity index (χ4n) is 4.18. The van der Waals surface area contributed by atoms with Gasteiger partial charge in [-0.05, 0) is 87.6 Å². The Labute approximate surface area is 150 Å². The molecule has 0 amide bonds. The predicted octanol–water partition coefficient (Wildman–Crippen LogP) is 4.91. The molecular formula is C22H27N3. The summed E-state index contributed by atoms with van der Waals surface area (Å²) >= 11 is 0. The molecule has 3 aromatic rings. The number of aryl methyl sites for hydroxylation is 2. The van der Waals surface area contributed by atoms with Crippen molar-refractivity contribution in [2.24, 2.45) is 0 Å². The van der Waals surface area contributed by atoms with E-state index in [4.69, 9.17) is 0 Å². The van der Waals surface area contributed by atoms with Crippen LogP contribution in [0.15, 0.2) is 36.5 Å². The normalized spacial score (nSPS) is 16.6. The number of pyridine rings is 1. The van der Waals surface area contributed by atoms with E-state index in [-0.39, 0.29) is 0 Å². The fourth-order valence-corrected chi connectivity index (χ4v) is 4.18. The van der Waals surface area contributed by atoms with Crippen LogP contribution >= 0.6 is 0 Å². The van der Waals surface area contributed by atoms with Crippen LogP contribution in [0.2, 0.25) is 0 Å². The van der Waals surface area contributed by atoms with Gasteiger partial charge in [0, 0.05) is 34.1 Å². The zero-order valence-corrected chi connectivity index (χ0v) is 15.5. The molecule has 1 aliphatic heterocycles. The van der Waals surface area contributed by atoms with E-state index in [0.717, 1.165) is 12.1 Å². The molecule has 3 heterocycles. The lowest BCUT2D eigenvalue weighted by Crippen LogP contribution is -2.29. The molecule has 2 aromatic heterocycles. The maximum absolute atomic E-state index is 4.34. The first-order valence-corrected chi connectivity index (χ1v) is 9.41. The second-order valence-electron chi connectivity index (χ2n) is 7.40. The van der Waals surface area contributed by atoms with Gasteiger partial charge >= 0.3 is 0 Å². The zero-order chi connectivity index (χ0) is 17.4. The quantitative estimate of drug-likeness (QED) is 0.738. The third-order valence-electron chi connectivity index (χ3n) is 5.66. The minimum absolute atomic E-state index is 0.701. The summed E-state index contributed by atoms with van der Waals surface area (Å²) < 4.78 is 0. The van der Waals surface area contributed by atoms with Crippen LogP contribution in [0, 0.1) is 6.92 Å². The Balaban J connectivity index is 1.77. The lowest BCUT2D eigenvalue weighted by molar-refractivity contribution is 0.255. The van der Waals surface area contributed by atoms with E-state index in [1.165, 1.54) is 59.2 Å². The highest BCUT2D eigenvalue weighted by Crippen LogP contribution is 2.35. The van der Waals surface area contributed by atoms with Gasteiger partial charge in [-0.2, -0.15) is 0 Å². The number of nitrogens with one attached hydrogen (secondary N) is 1.